The van der Waals surface area contributed by atoms with Gasteiger partial charge in [-0.15, -0.1) is 25.6 Å². The van der Waals surface area contributed by atoms with Crippen molar-refractivity contribution in [2.75, 3.05) is 26.2 Å². The van der Waals surface area contributed by atoms with Gasteiger partial charge in [0, 0.05) is 32.2 Å². The van der Waals surface area contributed by atoms with E-state index in [0.29, 0.717) is 5.92 Å². The van der Waals surface area contributed by atoms with Crippen molar-refractivity contribution in [3.8, 4) is 5.75 Å². The summed E-state index contributed by atoms with van der Waals surface area (Å²) in [5.74, 6) is -1.28. The van der Waals surface area contributed by atoms with Gasteiger partial charge in [0.1, 0.15) is 0 Å². The minimum atomic E-state index is -4.88. The van der Waals surface area contributed by atoms with Crippen molar-refractivity contribution in [2.24, 2.45) is 5.92 Å². The molecule has 1 heterocycles. The zero-order valence-corrected chi connectivity index (χ0v) is 13.9. The first-order valence-corrected chi connectivity index (χ1v) is 7.94. The zero-order chi connectivity index (χ0) is 16.4. The number of rotatable bonds is 4. The molecule has 1 atom stereocenters. The summed E-state index contributed by atoms with van der Waals surface area (Å²) in [5.41, 5.74) is 0.739. The van der Waals surface area contributed by atoms with E-state index in [1.165, 1.54) is 6.07 Å². The number of alkyl halides is 3. The van der Waals surface area contributed by atoms with Crippen molar-refractivity contribution in [3.05, 3.63) is 29.6 Å². The number of piperazine rings is 1. The zero-order valence-electron chi connectivity index (χ0n) is 13.1. The molecule has 0 amide bonds. The molecule has 1 saturated heterocycles. The average molecular weight is 369 g/mol. The largest absolute Gasteiger partial charge is 0.573 e. The lowest BCUT2D eigenvalue weighted by atomic mass is 9.76. The van der Waals surface area contributed by atoms with Crippen LogP contribution in [0.2, 0.25) is 0 Å². The molecule has 3 rings (SSSR count). The van der Waals surface area contributed by atoms with Gasteiger partial charge in [0.2, 0.25) is 0 Å². The summed E-state index contributed by atoms with van der Waals surface area (Å²) in [6.07, 6.45) is -1.56. The number of benzene rings is 1. The topological polar surface area (TPSA) is 24.5 Å². The van der Waals surface area contributed by atoms with E-state index in [2.05, 4.69) is 15.0 Å². The van der Waals surface area contributed by atoms with Crippen LogP contribution in [0.4, 0.5) is 17.6 Å². The molecule has 0 aromatic heterocycles. The molecule has 24 heavy (non-hydrogen) atoms. The molecule has 3 nitrogen and oxygen atoms in total. The molecule has 136 valence electrons. The minimum absolute atomic E-state index is 0. The molecule has 1 N–H and O–H groups in total. The second-order valence-corrected chi connectivity index (χ2v) is 6.16. The van der Waals surface area contributed by atoms with E-state index in [4.69, 9.17) is 0 Å². The molecule has 0 unspecified atom stereocenters. The Morgan fingerprint density at radius 3 is 2.33 bits per heavy atom. The van der Waals surface area contributed by atoms with Crippen molar-refractivity contribution < 1.29 is 22.3 Å². The Labute approximate surface area is 144 Å². The van der Waals surface area contributed by atoms with Crippen LogP contribution in [0.25, 0.3) is 0 Å². The van der Waals surface area contributed by atoms with Gasteiger partial charge in [-0.25, -0.2) is 4.39 Å². The van der Waals surface area contributed by atoms with Gasteiger partial charge in [-0.3, -0.25) is 4.90 Å². The summed E-state index contributed by atoms with van der Waals surface area (Å²) in [7, 11) is 0. The molecule has 1 aromatic rings. The van der Waals surface area contributed by atoms with Crippen LogP contribution in [-0.4, -0.2) is 37.4 Å². The Morgan fingerprint density at radius 1 is 1.17 bits per heavy atom. The van der Waals surface area contributed by atoms with E-state index in [1.54, 1.807) is 6.07 Å². The standard InChI is InChI=1S/C16H20F4N2O.ClH/c17-13-10-12(4-5-14(13)23-16(18,19)20)15(11-2-1-3-11)22-8-6-21-7-9-22;/h4-5,10-11,15,21H,1-3,6-9H2;1H/t15-;/m1./s1. The van der Waals surface area contributed by atoms with E-state index in [1.807, 2.05) is 0 Å². The van der Waals surface area contributed by atoms with Crippen molar-refractivity contribution in [1.29, 1.82) is 0 Å². The fourth-order valence-electron chi connectivity index (χ4n) is 3.41. The molecule has 0 bridgehead atoms. The van der Waals surface area contributed by atoms with Gasteiger partial charge in [-0.05, 0) is 36.5 Å². The number of halogens is 5. The van der Waals surface area contributed by atoms with Crippen LogP contribution in [0.3, 0.4) is 0 Å². The fourth-order valence-corrected chi connectivity index (χ4v) is 3.41. The van der Waals surface area contributed by atoms with Gasteiger partial charge in [0.05, 0.1) is 0 Å². The molecule has 1 aromatic carbocycles. The summed E-state index contributed by atoms with van der Waals surface area (Å²) in [6, 6.07) is 3.92. The van der Waals surface area contributed by atoms with Crippen LogP contribution in [0, 0.1) is 11.7 Å². The molecule has 1 saturated carbocycles. The molecule has 0 radical (unpaired) electrons. The second kappa shape index (κ2) is 7.89. The van der Waals surface area contributed by atoms with Crippen LogP contribution in [0.5, 0.6) is 5.75 Å². The molecular weight excluding hydrogens is 348 g/mol. The number of ether oxygens (including phenoxy) is 1. The number of hydrogen-bond acceptors (Lipinski definition) is 3. The highest BCUT2D eigenvalue weighted by Gasteiger charge is 2.35. The quantitative estimate of drug-likeness (QED) is 0.816. The number of nitrogens with zero attached hydrogens (tertiary/aromatic N) is 1. The third-order valence-corrected chi connectivity index (χ3v) is 4.66. The maximum Gasteiger partial charge on any atom is 0.573 e. The van der Waals surface area contributed by atoms with Gasteiger partial charge in [-0.1, -0.05) is 12.5 Å². The molecule has 1 aliphatic heterocycles. The molecule has 1 aliphatic carbocycles. The van der Waals surface area contributed by atoms with Gasteiger partial charge in [0.15, 0.2) is 11.6 Å². The third kappa shape index (κ3) is 4.52. The molecule has 8 heteroatoms. The first-order chi connectivity index (χ1) is 10.9. The normalized spacial score (nSPS) is 20.8. The van der Waals surface area contributed by atoms with Crippen LogP contribution in [0.1, 0.15) is 30.9 Å². The van der Waals surface area contributed by atoms with Crippen molar-refractivity contribution in [2.45, 2.75) is 31.7 Å². The summed E-state index contributed by atoms with van der Waals surface area (Å²) >= 11 is 0. The Balaban J connectivity index is 0.00000208. The van der Waals surface area contributed by atoms with Gasteiger partial charge in [0.25, 0.3) is 0 Å². The molecular formula is C16H21ClF4N2O. The van der Waals surface area contributed by atoms with Crippen LogP contribution < -0.4 is 10.1 Å². The van der Waals surface area contributed by atoms with Gasteiger partial charge in [-0.2, -0.15) is 0 Å². The van der Waals surface area contributed by atoms with E-state index in [-0.39, 0.29) is 18.4 Å². The van der Waals surface area contributed by atoms with Crippen LogP contribution >= 0.6 is 12.4 Å². The highest BCUT2D eigenvalue weighted by molar-refractivity contribution is 5.85. The maximum absolute atomic E-state index is 14.0. The Morgan fingerprint density at radius 2 is 1.83 bits per heavy atom. The summed E-state index contributed by atoms with van der Waals surface area (Å²) in [5, 5.41) is 3.28. The Kier molecular flexibility index (Phi) is 6.33. The molecule has 0 spiro atoms. The minimum Gasteiger partial charge on any atom is -0.403 e. The molecule has 2 fully saturated rings. The summed E-state index contributed by atoms with van der Waals surface area (Å²) < 4.78 is 54.5. The third-order valence-electron chi connectivity index (χ3n) is 4.66. The lowest BCUT2D eigenvalue weighted by Crippen LogP contribution is -2.47. The monoisotopic (exact) mass is 368 g/mol. The summed E-state index contributed by atoms with van der Waals surface area (Å²) in [6.45, 7) is 3.48. The molecule has 2 aliphatic rings. The predicted octanol–water partition coefficient (Wildman–Crippen LogP) is 3.89. The van der Waals surface area contributed by atoms with Crippen LogP contribution in [-0.2, 0) is 0 Å². The SMILES string of the molecule is Cl.Fc1cc([C@@H](C2CCC2)N2CCNCC2)ccc1OC(F)(F)F. The van der Waals surface area contributed by atoms with Crippen molar-refractivity contribution in [3.63, 3.8) is 0 Å². The second-order valence-electron chi connectivity index (χ2n) is 6.16. The highest BCUT2D eigenvalue weighted by Crippen LogP contribution is 2.42. The Bertz CT molecular complexity index is 545. The first-order valence-electron chi connectivity index (χ1n) is 7.94. The van der Waals surface area contributed by atoms with Crippen molar-refractivity contribution in [1.82, 2.24) is 10.2 Å². The Hall–Kier alpha value is -1.05. The van der Waals surface area contributed by atoms with Crippen molar-refractivity contribution >= 4 is 12.4 Å². The van der Waals surface area contributed by atoms with Gasteiger partial charge < -0.3 is 10.1 Å². The number of nitrogens with one attached hydrogen (secondary N) is 1. The van der Waals surface area contributed by atoms with E-state index >= 15 is 0 Å². The maximum atomic E-state index is 14.0. The highest BCUT2D eigenvalue weighted by atomic mass is 35.5. The first kappa shape index (κ1) is 19.3. The smallest absolute Gasteiger partial charge is 0.403 e. The lowest BCUT2D eigenvalue weighted by Gasteiger charge is -2.43. The van der Waals surface area contributed by atoms with Gasteiger partial charge >= 0.3 is 6.36 Å². The van der Waals surface area contributed by atoms with E-state index < -0.39 is 17.9 Å². The average Bonchev–Trinajstić information content (AvgIpc) is 2.44. The summed E-state index contributed by atoms with van der Waals surface area (Å²) in [4.78, 5) is 2.30. The van der Waals surface area contributed by atoms with E-state index in [0.717, 1.165) is 57.1 Å². The number of hydrogen-bond donors (Lipinski definition) is 1. The van der Waals surface area contributed by atoms with Crippen LogP contribution in [0.15, 0.2) is 18.2 Å². The lowest BCUT2D eigenvalue weighted by molar-refractivity contribution is -0.275. The predicted molar refractivity (Wildman–Crippen MR) is 84.9 cm³/mol. The van der Waals surface area contributed by atoms with E-state index in [9.17, 15) is 17.6 Å². The fraction of sp³-hybridized carbons (Fsp3) is 0.625.